The number of nitrogens with two attached hydrogens (primary N) is 1. The van der Waals surface area contributed by atoms with Crippen molar-refractivity contribution in [2.75, 3.05) is 5.32 Å². The Hall–Kier alpha value is -3.24. The summed E-state index contributed by atoms with van der Waals surface area (Å²) in [4.78, 5) is 14.1. The van der Waals surface area contributed by atoms with Gasteiger partial charge in [-0.2, -0.15) is 0 Å². The van der Waals surface area contributed by atoms with Crippen LogP contribution in [-0.2, 0) is 23.1 Å². The maximum absolute atomic E-state index is 11.8. The van der Waals surface area contributed by atoms with Gasteiger partial charge in [-0.25, -0.2) is 18.5 Å². The Balaban J connectivity index is 1.80. The van der Waals surface area contributed by atoms with E-state index in [4.69, 9.17) is 5.14 Å². The van der Waals surface area contributed by atoms with Crippen LogP contribution < -0.4 is 10.5 Å². The molecule has 2 aromatic carbocycles. The average Bonchev–Trinajstić information content (AvgIpc) is 3.04. The monoisotopic (exact) mass is 401 g/mol. The zero-order chi connectivity index (χ0) is 20.3. The first-order chi connectivity index (χ1) is 13.2. The molecule has 0 unspecified atom stereocenters. The molecule has 0 aliphatic carbocycles. The molecule has 0 radical (unpaired) electrons. The normalized spacial score (nSPS) is 11.4. The van der Waals surface area contributed by atoms with Gasteiger partial charge in [-0.3, -0.25) is 10.1 Å². The largest absolute Gasteiger partial charge is 0.380 e. The van der Waals surface area contributed by atoms with E-state index in [0.29, 0.717) is 13.1 Å². The van der Waals surface area contributed by atoms with Crippen molar-refractivity contribution in [3.63, 3.8) is 0 Å². The zero-order valence-electron chi connectivity index (χ0n) is 15.1. The zero-order valence-corrected chi connectivity index (χ0v) is 15.9. The van der Waals surface area contributed by atoms with E-state index in [1.807, 2.05) is 42.0 Å². The van der Waals surface area contributed by atoms with Gasteiger partial charge in [0.25, 0.3) is 5.69 Å². The van der Waals surface area contributed by atoms with E-state index in [-0.39, 0.29) is 16.3 Å². The Morgan fingerprint density at radius 2 is 1.96 bits per heavy atom. The minimum absolute atomic E-state index is 0.212. The molecule has 0 saturated carbocycles. The Labute approximate surface area is 162 Å². The van der Waals surface area contributed by atoms with Crippen LogP contribution in [0.3, 0.4) is 0 Å². The van der Waals surface area contributed by atoms with Gasteiger partial charge in [0.05, 0.1) is 10.6 Å². The molecule has 3 N–H and O–H groups in total. The molecule has 10 heteroatoms. The minimum atomic E-state index is -4.12. The lowest BCUT2D eigenvalue weighted by molar-refractivity contribution is -0.385. The topological polar surface area (TPSA) is 133 Å². The second-order valence-electron chi connectivity index (χ2n) is 6.26. The number of nitro benzene ring substituents is 1. The lowest BCUT2D eigenvalue weighted by atomic mass is 10.1. The molecule has 0 fully saturated rings. The lowest BCUT2D eigenvalue weighted by Gasteiger charge is -2.12. The molecule has 0 spiro atoms. The summed E-state index contributed by atoms with van der Waals surface area (Å²) in [6, 6.07) is 11.3. The van der Waals surface area contributed by atoms with Crippen molar-refractivity contribution in [2.24, 2.45) is 5.14 Å². The van der Waals surface area contributed by atoms with Gasteiger partial charge in [0.1, 0.15) is 10.7 Å². The molecule has 0 atom stereocenters. The van der Waals surface area contributed by atoms with Crippen LogP contribution in [0.15, 0.2) is 59.8 Å². The first kappa shape index (κ1) is 19.5. The summed E-state index contributed by atoms with van der Waals surface area (Å²) >= 11 is 0. The van der Waals surface area contributed by atoms with Gasteiger partial charge >= 0.3 is 0 Å². The number of nitro groups is 1. The highest BCUT2D eigenvalue weighted by Gasteiger charge is 2.18. The van der Waals surface area contributed by atoms with Crippen LogP contribution in [0.4, 0.5) is 11.4 Å². The van der Waals surface area contributed by atoms with Gasteiger partial charge in [-0.05, 0) is 24.1 Å². The second-order valence-corrected chi connectivity index (χ2v) is 7.79. The molecule has 1 heterocycles. The SMILES string of the molecule is Cc1nccn1Cc1cccc(CNc2ccc([N+](=O)[O-])cc2S(N)(=O)=O)c1. The van der Waals surface area contributed by atoms with Crippen LogP contribution in [0.25, 0.3) is 0 Å². The van der Waals surface area contributed by atoms with E-state index < -0.39 is 14.9 Å². The number of sulfonamides is 1. The summed E-state index contributed by atoms with van der Waals surface area (Å²) < 4.78 is 25.6. The molecule has 0 aliphatic heterocycles. The predicted octanol–water partition coefficient (Wildman–Crippen LogP) is 2.41. The highest BCUT2D eigenvalue weighted by atomic mass is 32.2. The first-order valence-corrected chi connectivity index (χ1v) is 9.89. The molecular formula is C18H19N5O4S. The first-order valence-electron chi connectivity index (χ1n) is 8.35. The smallest absolute Gasteiger partial charge is 0.270 e. The Kier molecular flexibility index (Phi) is 5.43. The van der Waals surface area contributed by atoms with Crippen molar-refractivity contribution < 1.29 is 13.3 Å². The van der Waals surface area contributed by atoms with Crippen molar-refractivity contribution in [2.45, 2.75) is 24.9 Å². The summed E-state index contributed by atoms with van der Waals surface area (Å²) in [7, 11) is -4.12. The number of primary sulfonamides is 1. The van der Waals surface area contributed by atoms with Crippen LogP contribution in [0, 0.1) is 17.0 Å². The number of benzene rings is 2. The molecule has 0 saturated heterocycles. The predicted molar refractivity (Wildman–Crippen MR) is 104 cm³/mol. The number of rotatable bonds is 7. The average molecular weight is 401 g/mol. The number of anilines is 1. The van der Waals surface area contributed by atoms with Crippen LogP contribution in [0.5, 0.6) is 0 Å². The van der Waals surface area contributed by atoms with Crippen molar-refractivity contribution in [3.05, 3.63) is 81.9 Å². The number of non-ortho nitro benzene ring substituents is 1. The van der Waals surface area contributed by atoms with Crippen LogP contribution in [0.1, 0.15) is 17.0 Å². The number of nitrogens with one attached hydrogen (secondary N) is 1. The Morgan fingerprint density at radius 3 is 2.61 bits per heavy atom. The molecule has 9 nitrogen and oxygen atoms in total. The quantitative estimate of drug-likeness (QED) is 0.461. The van der Waals surface area contributed by atoms with E-state index in [0.717, 1.165) is 23.0 Å². The Morgan fingerprint density at radius 1 is 1.21 bits per heavy atom. The van der Waals surface area contributed by atoms with E-state index in [2.05, 4.69) is 10.3 Å². The lowest BCUT2D eigenvalue weighted by Crippen LogP contribution is -2.15. The molecule has 28 heavy (non-hydrogen) atoms. The fourth-order valence-electron chi connectivity index (χ4n) is 2.81. The van der Waals surface area contributed by atoms with Gasteiger partial charge in [0, 0.05) is 37.6 Å². The number of nitrogens with zero attached hydrogens (tertiary/aromatic N) is 3. The summed E-state index contributed by atoms with van der Waals surface area (Å²) in [5, 5.41) is 19.1. The van der Waals surface area contributed by atoms with E-state index in [1.54, 1.807) is 6.20 Å². The second kappa shape index (κ2) is 7.79. The van der Waals surface area contributed by atoms with E-state index >= 15 is 0 Å². The fraction of sp³-hybridized carbons (Fsp3) is 0.167. The Bertz CT molecular complexity index is 1120. The molecule has 3 aromatic rings. The number of hydrogen-bond acceptors (Lipinski definition) is 6. The number of aromatic nitrogens is 2. The van der Waals surface area contributed by atoms with E-state index in [9.17, 15) is 18.5 Å². The number of hydrogen-bond donors (Lipinski definition) is 2. The van der Waals surface area contributed by atoms with Crippen molar-refractivity contribution in [1.29, 1.82) is 0 Å². The van der Waals surface area contributed by atoms with Gasteiger partial charge in [0.15, 0.2) is 0 Å². The highest BCUT2D eigenvalue weighted by molar-refractivity contribution is 7.89. The molecule has 0 aliphatic rings. The maximum Gasteiger partial charge on any atom is 0.270 e. The van der Waals surface area contributed by atoms with Crippen molar-refractivity contribution in [1.82, 2.24) is 9.55 Å². The van der Waals surface area contributed by atoms with Crippen LogP contribution in [0.2, 0.25) is 0 Å². The maximum atomic E-state index is 11.8. The molecule has 0 amide bonds. The van der Waals surface area contributed by atoms with Crippen LogP contribution >= 0.6 is 0 Å². The van der Waals surface area contributed by atoms with E-state index in [1.165, 1.54) is 12.1 Å². The van der Waals surface area contributed by atoms with Crippen molar-refractivity contribution >= 4 is 21.4 Å². The fourth-order valence-corrected chi connectivity index (χ4v) is 3.54. The van der Waals surface area contributed by atoms with Crippen LogP contribution in [-0.4, -0.2) is 22.9 Å². The van der Waals surface area contributed by atoms with Gasteiger partial charge in [0.2, 0.25) is 10.0 Å². The van der Waals surface area contributed by atoms with Gasteiger partial charge < -0.3 is 9.88 Å². The highest BCUT2D eigenvalue weighted by Crippen LogP contribution is 2.26. The molecular weight excluding hydrogens is 382 g/mol. The minimum Gasteiger partial charge on any atom is -0.380 e. The molecule has 1 aromatic heterocycles. The van der Waals surface area contributed by atoms with Gasteiger partial charge in [-0.15, -0.1) is 0 Å². The molecule has 3 rings (SSSR count). The van der Waals surface area contributed by atoms with Crippen molar-refractivity contribution in [3.8, 4) is 0 Å². The number of aryl methyl sites for hydroxylation is 1. The third kappa shape index (κ3) is 4.53. The third-order valence-corrected chi connectivity index (χ3v) is 5.18. The summed E-state index contributed by atoms with van der Waals surface area (Å²) in [6.45, 7) is 2.92. The third-order valence-electron chi connectivity index (χ3n) is 4.23. The number of imidazole rings is 1. The summed E-state index contributed by atoms with van der Waals surface area (Å²) in [6.07, 6.45) is 3.64. The summed E-state index contributed by atoms with van der Waals surface area (Å²) in [5.74, 6) is 0.909. The standard InChI is InChI=1S/C18H19N5O4S/c1-13-20-7-8-22(13)12-15-4-2-3-14(9-15)11-21-17-6-5-16(23(24)25)10-18(17)28(19,26)27/h2-10,21H,11-12H2,1H3,(H2,19,26,27). The summed E-state index contributed by atoms with van der Waals surface area (Å²) in [5.41, 5.74) is 1.86. The molecule has 0 bridgehead atoms. The molecule has 146 valence electrons. The van der Waals surface area contributed by atoms with Gasteiger partial charge in [-0.1, -0.05) is 24.3 Å².